The lowest BCUT2D eigenvalue weighted by molar-refractivity contribution is -0.117. The van der Waals surface area contributed by atoms with Gasteiger partial charge in [-0.15, -0.1) is 0 Å². The first-order valence-electron chi connectivity index (χ1n) is 7.26. The first-order valence-corrected chi connectivity index (χ1v) is 7.26. The molecule has 0 saturated heterocycles. The quantitative estimate of drug-likeness (QED) is 0.654. The number of carbonyl (C=O) groups excluding carboxylic acids is 1. The largest absolute Gasteiger partial charge is 0.294 e. The summed E-state index contributed by atoms with van der Waals surface area (Å²) >= 11 is 0. The molecule has 96 valence electrons. The fourth-order valence-corrected chi connectivity index (χ4v) is 4.47. The minimum atomic E-state index is 0.0213. The highest BCUT2D eigenvalue weighted by atomic mass is 16.1. The second-order valence-electron chi connectivity index (χ2n) is 6.09. The third-order valence-corrected chi connectivity index (χ3v) is 5.23. The van der Waals surface area contributed by atoms with Crippen molar-refractivity contribution in [1.29, 1.82) is 0 Å². The summed E-state index contributed by atoms with van der Waals surface area (Å²) in [5.74, 6) is 1.41. The van der Waals surface area contributed by atoms with Gasteiger partial charge in [0, 0.05) is 23.7 Å². The molecule has 6 rings (SSSR count). The molecule has 0 saturated carbocycles. The highest BCUT2D eigenvalue weighted by Gasteiger charge is 2.46. The molecule has 0 N–H and O–H groups in total. The zero-order valence-corrected chi connectivity index (χ0v) is 11.0. The van der Waals surface area contributed by atoms with E-state index in [0.29, 0.717) is 17.8 Å². The average molecular weight is 258 g/mol. The highest BCUT2D eigenvalue weighted by molar-refractivity contribution is 5.99. The van der Waals surface area contributed by atoms with E-state index in [9.17, 15) is 4.79 Å². The van der Waals surface area contributed by atoms with Gasteiger partial charge in [0.2, 0.25) is 0 Å². The molecule has 20 heavy (non-hydrogen) atoms. The van der Waals surface area contributed by atoms with Crippen LogP contribution in [0.3, 0.4) is 0 Å². The van der Waals surface area contributed by atoms with E-state index in [0.717, 1.165) is 0 Å². The summed E-state index contributed by atoms with van der Waals surface area (Å²) in [6.07, 6.45) is 8.28. The van der Waals surface area contributed by atoms with Crippen molar-refractivity contribution in [2.75, 3.05) is 0 Å². The van der Waals surface area contributed by atoms with E-state index < -0.39 is 0 Å². The summed E-state index contributed by atoms with van der Waals surface area (Å²) in [6, 6.07) is 13.1. The molecule has 1 heteroatoms. The molecule has 4 aliphatic rings. The van der Waals surface area contributed by atoms with Gasteiger partial charge in [0.15, 0.2) is 5.78 Å². The maximum Gasteiger partial charge on any atom is 0.162 e. The van der Waals surface area contributed by atoms with Crippen LogP contribution in [-0.4, -0.2) is 5.78 Å². The summed E-state index contributed by atoms with van der Waals surface area (Å²) < 4.78 is 0. The second kappa shape index (κ2) is 3.49. The molecule has 0 fully saturated rings. The molecule has 4 atom stereocenters. The maximum atomic E-state index is 12.3. The maximum absolute atomic E-state index is 12.3. The summed E-state index contributed by atoms with van der Waals surface area (Å²) in [6.45, 7) is 0. The summed E-state index contributed by atoms with van der Waals surface area (Å²) in [5.41, 5.74) is 2.81. The fourth-order valence-electron chi connectivity index (χ4n) is 4.47. The molecule has 0 radical (unpaired) electrons. The van der Waals surface area contributed by atoms with Gasteiger partial charge in [0.05, 0.1) is 0 Å². The van der Waals surface area contributed by atoms with Crippen molar-refractivity contribution in [2.24, 2.45) is 11.8 Å². The fraction of sp³-hybridized carbons (Fsp3) is 0.211. The van der Waals surface area contributed by atoms with Gasteiger partial charge in [-0.2, -0.15) is 0 Å². The van der Waals surface area contributed by atoms with E-state index in [1.54, 1.807) is 6.08 Å². The number of allylic oxidation sites excluding steroid dienone is 4. The third-order valence-electron chi connectivity index (χ3n) is 5.23. The predicted octanol–water partition coefficient (Wildman–Crippen LogP) is 3.96. The molecule has 1 nitrogen and oxygen atoms in total. The number of rotatable bonds is 0. The van der Waals surface area contributed by atoms with Gasteiger partial charge in [-0.3, -0.25) is 4.79 Å². The van der Waals surface area contributed by atoms with Crippen LogP contribution >= 0.6 is 0 Å². The van der Waals surface area contributed by atoms with Crippen molar-refractivity contribution >= 4 is 16.6 Å². The van der Waals surface area contributed by atoms with Crippen molar-refractivity contribution in [3.63, 3.8) is 0 Å². The number of carbonyl (C=O) groups is 1. The number of hydrogen-bond acceptors (Lipinski definition) is 1. The topological polar surface area (TPSA) is 17.1 Å². The Morgan fingerprint density at radius 3 is 2.35 bits per heavy atom. The standard InChI is InChI=1S/C19H14O/c20-16-10-8-12-7-9-13(16)19-15-6-2-4-11-3-1-5-14(17(11)15)18(12)19/h1-10,12-13,18-19H/t12?,13?,18-,19+/m0/s1. The van der Waals surface area contributed by atoms with Gasteiger partial charge in [0.1, 0.15) is 0 Å². The monoisotopic (exact) mass is 258 g/mol. The number of hydrogen-bond donors (Lipinski definition) is 0. The second-order valence-corrected chi connectivity index (χ2v) is 6.09. The van der Waals surface area contributed by atoms with Crippen molar-refractivity contribution in [1.82, 2.24) is 0 Å². The molecule has 0 aliphatic heterocycles. The summed E-state index contributed by atoms with van der Waals surface area (Å²) in [7, 11) is 0. The van der Waals surface area contributed by atoms with Crippen LogP contribution in [0.2, 0.25) is 0 Å². The number of fused-ring (bicyclic) bond motifs is 1. The Morgan fingerprint density at radius 1 is 0.800 bits per heavy atom. The predicted molar refractivity (Wildman–Crippen MR) is 79.7 cm³/mol. The first kappa shape index (κ1) is 10.6. The minimum absolute atomic E-state index is 0.0213. The molecule has 0 spiro atoms. The third kappa shape index (κ3) is 1.12. The smallest absolute Gasteiger partial charge is 0.162 e. The SMILES string of the molecule is O=C1C=CC2C=CC1[C@@H]1c3cccc4cccc(c34)[C@H]21. The Balaban J connectivity index is 1.88. The Hall–Kier alpha value is -2.15. The van der Waals surface area contributed by atoms with E-state index in [-0.39, 0.29) is 11.7 Å². The number of ketones is 1. The van der Waals surface area contributed by atoms with Crippen molar-refractivity contribution in [3.8, 4) is 0 Å². The van der Waals surface area contributed by atoms with Gasteiger partial charge in [-0.25, -0.2) is 0 Å². The van der Waals surface area contributed by atoms with Crippen LogP contribution in [0.15, 0.2) is 60.7 Å². The van der Waals surface area contributed by atoms with Gasteiger partial charge < -0.3 is 0 Å². The van der Waals surface area contributed by atoms with Gasteiger partial charge >= 0.3 is 0 Å². The molecule has 2 bridgehead atoms. The Kier molecular flexibility index (Phi) is 1.85. The minimum Gasteiger partial charge on any atom is -0.294 e. The van der Waals surface area contributed by atoms with Crippen LogP contribution in [0, 0.1) is 11.8 Å². The van der Waals surface area contributed by atoms with Crippen LogP contribution in [0.1, 0.15) is 23.0 Å². The van der Waals surface area contributed by atoms with Crippen LogP contribution in [0.4, 0.5) is 0 Å². The van der Waals surface area contributed by atoms with Crippen LogP contribution in [0.5, 0.6) is 0 Å². The summed E-state index contributed by atoms with van der Waals surface area (Å²) in [5, 5.41) is 2.70. The molecule has 2 aromatic carbocycles. The first-order chi connectivity index (χ1) is 9.84. The van der Waals surface area contributed by atoms with Gasteiger partial charge in [-0.05, 0) is 28.0 Å². The van der Waals surface area contributed by atoms with E-state index in [1.807, 2.05) is 0 Å². The molecular formula is C19H14O. The lowest BCUT2D eigenvalue weighted by Crippen LogP contribution is -2.25. The van der Waals surface area contributed by atoms with Crippen molar-refractivity contribution in [2.45, 2.75) is 11.8 Å². The van der Waals surface area contributed by atoms with Crippen molar-refractivity contribution in [3.05, 3.63) is 71.8 Å². The highest BCUT2D eigenvalue weighted by Crippen LogP contribution is 2.57. The molecule has 4 aliphatic carbocycles. The van der Waals surface area contributed by atoms with Crippen LogP contribution < -0.4 is 0 Å². The molecule has 0 aromatic heterocycles. The Bertz CT molecular complexity index is 806. The van der Waals surface area contributed by atoms with Crippen LogP contribution in [-0.2, 0) is 4.79 Å². The zero-order valence-electron chi connectivity index (χ0n) is 11.0. The lowest BCUT2D eigenvalue weighted by Gasteiger charge is -2.32. The lowest BCUT2D eigenvalue weighted by atomic mass is 9.70. The van der Waals surface area contributed by atoms with Gasteiger partial charge in [0.25, 0.3) is 0 Å². The Morgan fingerprint density at radius 2 is 1.55 bits per heavy atom. The van der Waals surface area contributed by atoms with E-state index in [2.05, 4.69) is 54.6 Å². The Labute approximate surface area is 117 Å². The molecule has 2 unspecified atom stereocenters. The normalized spacial score (nSPS) is 32.7. The molecule has 0 amide bonds. The van der Waals surface area contributed by atoms with Crippen LogP contribution in [0.25, 0.3) is 10.8 Å². The van der Waals surface area contributed by atoms with E-state index >= 15 is 0 Å². The zero-order chi connectivity index (χ0) is 13.3. The van der Waals surface area contributed by atoms with E-state index in [1.165, 1.54) is 21.9 Å². The number of benzene rings is 2. The van der Waals surface area contributed by atoms with E-state index in [4.69, 9.17) is 0 Å². The van der Waals surface area contributed by atoms with Crippen molar-refractivity contribution < 1.29 is 4.79 Å². The summed E-state index contributed by atoms with van der Waals surface area (Å²) in [4.78, 5) is 12.3. The molecule has 0 heterocycles. The van der Waals surface area contributed by atoms with Gasteiger partial charge in [-0.1, -0.05) is 54.6 Å². The average Bonchev–Trinajstić information content (AvgIpc) is 2.63. The molecular weight excluding hydrogens is 244 g/mol. The molecule has 2 aromatic rings.